The molecule has 0 fully saturated rings. The highest BCUT2D eigenvalue weighted by atomic mass is 16.5. The smallest absolute Gasteiger partial charge is 0.330 e. The van der Waals surface area contributed by atoms with Crippen molar-refractivity contribution in [1.82, 2.24) is 0 Å². The Morgan fingerprint density at radius 2 is 2.00 bits per heavy atom. The molecule has 3 heteroatoms. The van der Waals surface area contributed by atoms with Gasteiger partial charge in [0, 0.05) is 12.5 Å². The third kappa shape index (κ3) is 8.79. The van der Waals surface area contributed by atoms with Gasteiger partial charge in [-0.05, 0) is 26.2 Å². The van der Waals surface area contributed by atoms with Gasteiger partial charge in [-0.3, -0.25) is 0 Å². The molecular weight excluding hydrogens is 168 g/mol. The Labute approximate surface area is 78.8 Å². The van der Waals surface area contributed by atoms with Crippen molar-refractivity contribution in [1.29, 1.82) is 0 Å². The molecule has 0 atom stereocenters. The van der Waals surface area contributed by atoms with E-state index in [2.05, 4.69) is 4.74 Å². The molecule has 0 spiro atoms. The summed E-state index contributed by atoms with van der Waals surface area (Å²) < 4.78 is 4.42. The van der Waals surface area contributed by atoms with Crippen LogP contribution in [0.4, 0.5) is 0 Å². The maximum atomic E-state index is 10.6. The van der Waals surface area contributed by atoms with E-state index in [1.54, 1.807) is 13.0 Å². The van der Waals surface area contributed by atoms with E-state index < -0.39 is 0 Å². The minimum Gasteiger partial charge on any atom is -0.466 e. The fourth-order valence-electron chi connectivity index (χ4n) is 0.884. The standard InChI is InChI=1S/C10H16O3/c1-9(11)7-5-3-4-6-8-10(12)13-2/h6,8H,3-5,7H2,1-2H3/b8-6+. The molecule has 0 aromatic heterocycles. The SMILES string of the molecule is COC(=O)/C=C/CCCCC(C)=O. The van der Waals surface area contributed by atoms with Gasteiger partial charge in [0.1, 0.15) is 5.78 Å². The summed E-state index contributed by atoms with van der Waals surface area (Å²) in [4.78, 5) is 21.1. The van der Waals surface area contributed by atoms with Crippen molar-refractivity contribution in [3.8, 4) is 0 Å². The van der Waals surface area contributed by atoms with E-state index in [0.717, 1.165) is 19.3 Å². The molecule has 0 rings (SSSR count). The quantitative estimate of drug-likeness (QED) is 0.359. The highest BCUT2D eigenvalue weighted by molar-refractivity contribution is 5.81. The van der Waals surface area contributed by atoms with Gasteiger partial charge in [-0.1, -0.05) is 6.08 Å². The number of ether oxygens (including phenoxy) is 1. The fraction of sp³-hybridized carbons (Fsp3) is 0.600. The highest BCUT2D eigenvalue weighted by Crippen LogP contribution is 2.01. The molecule has 0 saturated heterocycles. The summed E-state index contributed by atoms with van der Waals surface area (Å²) in [5.74, 6) is -0.108. The summed E-state index contributed by atoms with van der Waals surface area (Å²) >= 11 is 0. The van der Waals surface area contributed by atoms with Crippen LogP contribution >= 0.6 is 0 Å². The first kappa shape index (κ1) is 11.9. The average Bonchev–Trinajstić information content (AvgIpc) is 2.10. The predicted octanol–water partition coefficient (Wildman–Crippen LogP) is 1.86. The zero-order valence-corrected chi connectivity index (χ0v) is 8.21. The van der Waals surface area contributed by atoms with Crippen molar-refractivity contribution in [3.05, 3.63) is 12.2 Å². The second kappa shape index (κ2) is 7.53. The minimum absolute atomic E-state index is 0.219. The number of esters is 1. The number of rotatable bonds is 6. The molecule has 74 valence electrons. The number of carbonyl (C=O) groups is 2. The molecule has 0 heterocycles. The van der Waals surface area contributed by atoms with Gasteiger partial charge >= 0.3 is 5.97 Å². The molecule has 0 aliphatic carbocycles. The first-order valence-electron chi connectivity index (χ1n) is 4.40. The Hall–Kier alpha value is -1.12. The summed E-state index contributed by atoms with van der Waals surface area (Å²) in [7, 11) is 1.35. The van der Waals surface area contributed by atoms with Crippen molar-refractivity contribution in [2.45, 2.75) is 32.6 Å². The number of hydrogen-bond acceptors (Lipinski definition) is 3. The van der Waals surface area contributed by atoms with Crippen molar-refractivity contribution >= 4 is 11.8 Å². The van der Waals surface area contributed by atoms with Gasteiger partial charge in [0.15, 0.2) is 0 Å². The van der Waals surface area contributed by atoms with E-state index in [9.17, 15) is 9.59 Å². The third-order valence-corrected chi connectivity index (χ3v) is 1.60. The van der Waals surface area contributed by atoms with Crippen molar-refractivity contribution < 1.29 is 14.3 Å². The van der Waals surface area contributed by atoms with E-state index in [4.69, 9.17) is 0 Å². The van der Waals surface area contributed by atoms with Crippen LogP contribution in [-0.4, -0.2) is 18.9 Å². The van der Waals surface area contributed by atoms with E-state index in [1.807, 2.05) is 0 Å². The number of methoxy groups -OCH3 is 1. The van der Waals surface area contributed by atoms with Crippen LogP contribution in [-0.2, 0) is 14.3 Å². The number of hydrogen-bond donors (Lipinski definition) is 0. The number of ketones is 1. The van der Waals surface area contributed by atoms with Crippen LogP contribution in [0.1, 0.15) is 32.6 Å². The van der Waals surface area contributed by atoms with Gasteiger partial charge in [0.25, 0.3) is 0 Å². The number of carbonyl (C=O) groups excluding carboxylic acids is 2. The lowest BCUT2D eigenvalue weighted by atomic mass is 10.1. The zero-order valence-electron chi connectivity index (χ0n) is 8.21. The van der Waals surface area contributed by atoms with Crippen molar-refractivity contribution in [2.24, 2.45) is 0 Å². The number of allylic oxidation sites excluding steroid dienone is 1. The molecule has 0 amide bonds. The van der Waals surface area contributed by atoms with Gasteiger partial charge in [0.2, 0.25) is 0 Å². The summed E-state index contributed by atoms with van der Waals surface area (Å²) in [6, 6.07) is 0. The van der Waals surface area contributed by atoms with Gasteiger partial charge < -0.3 is 9.53 Å². The molecule has 0 aromatic rings. The first-order valence-corrected chi connectivity index (χ1v) is 4.40. The minimum atomic E-state index is -0.327. The topological polar surface area (TPSA) is 43.4 Å². The summed E-state index contributed by atoms with van der Waals surface area (Å²) in [6.07, 6.45) is 6.46. The van der Waals surface area contributed by atoms with Gasteiger partial charge in [-0.25, -0.2) is 4.79 Å². The van der Waals surface area contributed by atoms with E-state index in [1.165, 1.54) is 13.2 Å². The highest BCUT2D eigenvalue weighted by Gasteiger charge is 1.93. The summed E-state index contributed by atoms with van der Waals surface area (Å²) in [5, 5.41) is 0. The average molecular weight is 184 g/mol. The van der Waals surface area contributed by atoms with Crippen LogP contribution in [0.25, 0.3) is 0 Å². The zero-order chi connectivity index (χ0) is 10.1. The molecule has 0 bridgehead atoms. The predicted molar refractivity (Wildman–Crippen MR) is 50.3 cm³/mol. The normalized spacial score (nSPS) is 10.3. The fourth-order valence-corrected chi connectivity index (χ4v) is 0.884. The number of unbranched alkanes of at least 4 members (excludes halogenated alkanes) is 2. The van der Waals surface area contributed by atoms with E-state index in [0.29, 0.717) is 6.42 Å². The molecular formula is C10H16O3. The molecule has 13 heavy (non-hydrogen) atoms. The maximum absolute atomic E-state index is 10.6. The van der Waals surface area contributed by atoms with Gasteiger partial charge in [-0.2, -0.15) is 0 Å². The maximum Gasteiger partial charge on any atom is 0.330 e. The number of Topliss-reactive ketones (excluding diaryl/α,β-unsaturated/α-hetero) is 1. The lowest BCUT2D eigenvalue weighted by Gasteiger charge is -1.93. The first-order chi connectivity index (χ1) is 6.16. The van der Waals surface area contributed by atoms with Crippen LogP contribution in [0.2, 0.25) is 0 Å². The largest absolute Gasteiger partial charge is 0.466 e. The summed E-state index contributed by atoms with van der Waals surface area (Å²) in [5.41, 5.74) is 0. The Balaban J connectivity index is 3.30. The van der Waals surface area contributed by atoms with Crippen molar-refractivity contribution in [3.63, 3.8) is 0 Å². The summed E-state index contributed by atoms with van der Waals surface area (Å²) in [6.45, 7) is 1.59. The second-order valence-corrected chi connectivity index (χ2v) is 2.87. The van der Waals surface area contributed by atoms with Crippen LogP contribution in [0.3, 0.4) is 0 Å². The van der Waals surface area contributed by atoms with Crippen molar-refractivity contribution in [2.75, 3.05) is 7.11 Å². The van der Waals surface area contributed by atoms with Crippen LogP contribution in [0, 0.1) is 0 Å². The Morgan fingerprint density at radius 3 is 2.54 bits per heavy atom. The van der Waals surface area contributed by atoms with Crippen LogP contribution < -0.4 is 0 Å². The monoisotopic (exact) mass is 184 g/mol. The molecule has 0 radical (unpaired) electrons. The molecule has 0 saturated carbocycles. The molecule has 3 nitrogen and oxygen atoms in total. The molecule has 0 aliphatic heterocycles. The molecule has 0 aromatic carbocycles. The van der Waals surface area contributed by atoms with E-state index >= 15 is 0 Å². The Morgan fingerprint density at radius 1 is 1.31 bits per heavy atom. The Bertz CT molecular complexity index is 194. The van der Waals surface area contributed by atoms with E-state index in [-0.39, 0.29) is 11.8 Å². The third-order valence-electron chi connectivity index (χ3n) is 1.60. The van der Waals surface area contributed by atoms with Crippen LogP contribution in [0.5, 0.6) is 0 Å². The molecule has 0 N–H and O–H groups in total. The molecule has 0 unspecified atom stereocenters. The Kier molecular flexibility index (Phi) is 6.88. The lowest BCUT2D eigenvalue weighted by molar-refractivity contribution is -0.134. The molecule has 0 aliphatic rings. The lowest BCUT2D eigenvalue weighted by Crippen LogP contribution is -1.93. The van der Waals surface area contributed by atoms with Gasteiger partial charge in [0.05, 0.1) is 7.11 Å². The van der Waals surface area contributed by atoms with Gasteiger partial charge in [-0.15, -0.1) is 0 Å². The second-order valence-electron chi connectivity index (χ2n) is 2.87. The van der Waals surface area contributed by atoms with Crippen LogP contribution in [0.15, 0.2) is 12.2 Å².